The average Bonchev–Trinajstić information content (AvgIpc) is 3.16. The molecule has 4 nitrogen and oxygen atoms in total. The van der Waals surface area contributed by atoms with Crippen molar-refractivity contribution in [3.8, 4) is 5.75 Å². The fourth-order valence-electron chi connectivity index (χ4n) is 2.24. The van der Waals surface area contributed by atoms with Crippen LogP contribution in [0.1, 0.15) is 11.7 Å². The maximum Gasteiger partial charge on any atom is 0.248 e. The first kappa shape index (κ1) is 11.3. The standard InChI is InChI=1S/C14H16N2O2/c1-10(15-7-8-15)14(17)16-6-5-11-9-12(18-2)3-4-13(11)16/h3-6,9-10H,7-8H2,1-2H3/t10-/m1/s1. The van der Waals surface area contributed by atoms with E-state index in [1.165, 1.54) is 0 Å². The van der Waals surface area contributed by atoms with Gasteiger partial charge in [-0.05, 0) is 31.2 Å². The molecule has 1 aliphatic rings. The summed E-state index contributed by atoms with van der Waals surface area (Å²) in [6.07, 6.45) is 1.84. The van der Waals surface area contributed by atoms with Crippen LogP contribution in [0.5, 0.6) is 5.75 Å². The largest absolute Gasteiger partial charge is 0.497 e. The Kier molecular flexibility index (Phi) is 2.59. The van der Waals surface area contributed by atoms with E-state index in [0.717, 1.165) is 29.7 Å². The molecule has 0 radical (unpaired) electrons. The molecule has 0 aliphatic carbocycles. The van der Waals surface area contributed by atoms with Gasteiger partial charge in [0.25, 0.3) is 0 Å². The fourth-order valence-corrected chi connectivity index (χ4v) is 2.24. The molecule has 1 fully saturated rings. The summed E-state index contributed by atoms with van der Waals surface area (Å²) in [5.74, 6) is 0.944. The van der Waals surface area contributed by atoms with Crippen molar-refractivity contribution in [1.29, 1.82) is 0 Å². The highest BCUT2D eigenvalue weighted by Gasteiger charge is 2.30. The van der Waals surface area contributed by atoms with Crippen molar-refractivity contribution < 1.29 is 9.53 Å². The maximum absolute atomic E-state index is 12.3. The lowest BCUT2D eigenvalue weighted by molar-refractivity contribution is 0.0842. The molecule has 0 bridgehead atoms. The summed E-state index contributed by atoms with van der Waals surface area (Å²) in [6.45, 7) is 4.02. The molecular weight excluding hydrogens is 228 g/mol. The average molecular weight is 244 g/mol. The van der Waals surface area contributed by atoms with Gasteiger partial charge in [0.05, 0.1) is 18.7 Å². The smallest absolute Gasteiger partial charge is 0.248 e. The van der Waals surface area contributed by atoms with E-state index in [1.54, 1.807) is 11.7 Å². The fraction of sp³-hybridized carbons (Fsp3) is 0.357. The summed E-state index contributed by atoms with van der Waals surface area (Å²) < 4.78 is 6.92. The lowest BCUT2D eigenvalue weighted by atomic mass is 10.2. The monoisotopic (exact) mass is 244 g/mol. The quantitative estimate of drug-likeness (QED) is 0.774. The van der Waals surface area contributed by atoms with Crippen molar-refractivity contribution in [2.45, 2.75) is 13.0 Å². The number of methoxy groups -OCH3 is 1. The van der Waals surface area contributed by atoms with Crippen LogP contribution in [-0.4, -0.2) is 41.6 Å². The highest BCUT2D eigenvalue weighted by atomic mass is 16.5. The molecule has 0 unspecified atom stereocenters. The van der Waals surface area contributed by atoms with Crippen molar-refractivity contribution >= 4 is 16.8 Å². The summed E-state index contributed by atoms with van der Waals surface area (Å²) in [7, 11) is 1.64. The van der Waals surface area contributed by atoms with Crippen LogP contribution in [0.25, 0.3) is 10.9 Å². The Morgan fingerprint density at radius 1 is 1.33 bits per heavy atom. The second-order valence-electron chi connectivity index (χ2n) is 4.66. The molecule has 1 atom stereocenters. The summed E-state index contributed by atoms with van der Waals surface area (Å²) in [5, 5.41) is 1.03. The van der Waals surface area contributed by atoms with Gasteiger partial charge in [0, 0.05) is 24.7 Å². The zero-order valence-electron chi connectivity index (χ0n) is 10.6. The maximum atomic E-state index is 12.3. The van der Waals surface area contributed by atoms with Crippen LogP contribution in [0.2, 0.25) is 0 Å². The van der Waals surface area contributed by atoms with Gasteiger partial charge >= 0.3 is 0 Å². The lowest BCUT2D eigenvalue weighted by Crippen LogP contribution is -2.30. The first-order valence-corrected chi connectivity index (χ1v) is 6.14. The molecule has 0 spiro atoms. The van der Waals surface area contributed by atoms with Crippen molar-refractivity contribution in [3.63, 3.8) is 0 Å². The van der Waals surface area contributed by atoms with E-state index in [1.807, 2.05) is 37.4 Å². The number of rotatable bonds is 3. The lowest BCUT2D eigenvalue weighted by Gasteiger charge is -2.12. The molecule has 0 saturated carbocycles. The van der Waals surface area contributed by atoms with E-state index in [9.17, 15) is 4.79 Å². The summed E-state index contributed by atoms with van der Waals surface area (Å²) in [6, 6.07) is 7.67. The Morgan fingerprint density at radius 3 is 2.78 bits per heavy atom. The van der Waals surface area contributed by atoms with Crippen molar-refractivity contribution in [2.24, 2.45) is 0 Å². The number of carbonyl (C=O) groups excluding carboxylic acids is 1. The zero-order chi connectivity index (χ0) is 12.7. The molecule has 1 aromatic heterocycles. The minimum atomic E-state index is -0.0392. The topological polar surface area (TPSA) is 34.2 Å². The Hall–Kier alpha value is -1.81. The van der Waals surface area contributed by atoms with Gasteiger partial charge in [-0.25, -0.2) is 0 Å². The van der Waals surface area contributed by atoms with Gasteiger partial charge in [0.15, 0.2) is 0 Å². The Balaban J connectivity index is 1.99. The molecule has 94 valence electrons. The van der Waals surface area contributed by atoms with Crippen LogP contribution in [0.4, 0.5) is 0 Å². The Bertz CT molecular complexity index is 599. The number of carbonyl (C=O) groups is 1. The van der Waals surface area contributed by atoms with Gasteiger partial charge in [-0.1, -0.05) is 0 Å². The molecule has 1 aliphatic heterocycles. The van der Waals surface area contributed by atoms with Gasteiger partial charge in [0.2, 0.25) is 5.91 Å². The van der Waals surface area contributed by atoms with Crippen LogP contribution in [-0.2, 0) is 0 Å². The van der Waals surface area contributed by atoms with Crippen LogP contribution in [0.15, 0.2) is 30.5 Å². The molecule has 4 heteroatoms. The number of hydrogen-bond donors (Lipinski definition) is 0. The third kappa shape index (κ3) is 1.78. The molecule has 2 heterocycles. The molecule has 3 rings (SSSR count). The van der Waals surface area contributed by atoms with Crippen LogP contribution >= 0.6 is 0 Å². The Morgan fingerprint density at radius 2 is 2.11 bits per heavy atom. The van der Waals surface area contributed by atoms with E-state index < -0.39 is 0 Å². The molecular formula is C14H16N2O2. The minimum Gasteiger partial charge on any atom is -0.497 e. The van der Waals surface area contributed by atoms with E-state index in [-0.39, 0.29) is 11.9 Å². The highest BCUT2D eigenvalue weighted by Crippen LogP contribution is 2.23. The number of nitrogens with zero attached hydrogens (tertiary/aromatic N) is 2. The Labute approximate surface area is 106 Å². The van der Waals surface area contributed by atoms with Gasteiger partial charge in [-0.3, -0.25) is 14.3 Å². The highest BCUT2D eigenvalue weighted by molar-refractivity contribution is 5.95. The van der Waals surface area contributed by atoms with Gasteiger partial charge < -0.3 is 4.74 Å². The van der Waals surface area contributed by atoms with Gasteiger partial charge in [0.1, 0.15) is 5.75 Å². The number of hydrogen-bond acceptors (Lipinski definition) is 3. The third-order valence-electron chi connectivity index (χ3n) is 3.52. The minimum absolute atomic E-state index is 0.0392. The number of ether oxygens (including phenoxy) is 1. The van der Waals surface area contributed by atoms with E-state index in [0.29, 0.717) is 0 Å². The zero-order valence-corrected chi connectivity index (χ0v) is 10.6. The van der Waals surface area contributed by atoms with Crippen LogP contribution < -0.4 is 4.74 Å². The van der Waals surface area contributed by atoms with Crippen molar-refractivity contribution in [3.05, 3.63) is 30.5 Å². The first-order valence-electron chi connectivity index (χ1n) is 6.14. The van der Waals surface area contributed by atoms with E-state index in [2.05, 4.69) is 4.90 Å². The predicted molar refractivity (Wildman–Crippen MR) is 70.2 cm³/mol. The van der Waals surface area contributed by atoms with Crippen molar-refractivity contribution in [2.75, 3.05) is 20.2 Å². The summed E-state index contributed by atoms with van der Waals surface area (Å²) in [5.41, 5.74) is 0.939. The number of benzene rings is 1. The first-order chi connectivity index (χ1) is 8.70. The molecule has 2 aromatic rings. The summed E-state index contributed by atoms with van der Waals surface area (Å²) in [4.78, 5) is 14.5. The molecule has 1 aromatic carbocycles. The normalized spacial score (nSPS) is 16.8. The van der Waals surface area contributed by atoms with E-state index in [4.69, 9.17) is 4.74 Å². The SMILES string of the molecule is COc1ccc2c(ccn2C(=O)[C@@H](C)N2CC2)c1. The number of fused-ring (bicyclic) bond motifs is 1. The molecule has 0 amide bonds. The van der Waals surface area contributed by atoms with Gasteiger partial charge in [-0.2, -0.15) is 0 Å². The molecule has 1 saturated heterocycles. The molecule has 18 heavy (non-hydrogen) atoms. The van der Waals surface area contributed by atoms with Crippen molar-refractivity contribution in [1.82, 2.24) is 9.47 Å². The predicted octanol–water partition coefficient (Wildman–Crippen LogP) is 1.99. The third-order valence-corrected chi connectivity index (χ3v) is 3.52. The van der Waals surface area contributed by atoms with Gasteiger partial charge in [-0.15, -0.1) is 0 Å². The van der Waals surface area contributed by atoms with Crippen LogP contribution in [0.3, 0.4) is 0 Å². The molecule has 0 N–H and O–H groups in total. The second-order valence-corrected chi connectivity index (χ2v) is 4.66. The summed E-state index contributed by atoms with van der Waals surface area (Å²) >= 11 is 0. The number of aromatic nitrogens is 1. The second kappa shape index (κ2) is 4.14. The van der Waals surface area contributed by atoms with Crippen LogP contribution in [0, 0.1) is 0 Å². The van der Waals surface area contributed by atoms with E-state index >= 15 is 0 Å².